The molecule has 0 fully saturated rings. The second-order valence-corrected chi connectivity index (χ2v) is 9.31. The predicted molar refractivity (Wildman–Crippen MR) is 143 cm³/mol. The van der Waals surface area contributed by atoms with Gasteiger partial charge < -0.3 is 19.2 Å². The van der Waals surface area contributed by atoms with E-state index in [9.17, 15) is 4.79 Å². The van der Waals surface area contributed by atoms with Crippen LogP contribution in [0.5, 0.6) is 11.5 Å². The van der Waals surface area contributed by atoms with E-state index in [-0.39, 0.29) is 5.78 Å². The molecule has 1 unspecified atom stereocenters. The average Bonchev–Trinajstić information content (AvgIpc) is 3.62. The van der Waals surface area contributed by atoms with Crippen LogP contribution in [0.1, 0.15) is 21.5 Å². The van der Waals surface area contributed by atoms with Gasteiger partial charge in [0, 0.05) is 12.7 Å². The molecule has 9 nitrogen and oxygen atoms in total. The number of nitrogens with one attached hydrogen (secondary N) is 1. The molecule has 1 N–H and O–H groups in total. The summed E-state index contributed by atoms with van der Waals surface area (Å²) >= 11 is 3.56. The predicted octanol–water partition coefficient (Wildman–Crippen LogP) is 5.20. The van der Waals surface area contributed by atoms with Gasteiger partial charge in [-0.25, -0.2) is 9.97 Å². The molecule has 0 amide bonds. The molecule has 3 heterocycles. The fourth-order valence-electron chi connectivity index (χ4n) is 3.93. The second kappa shape index (κ2) is 10.8. The number of ketones is 1. The van der Waals surface area contributed by atoms with Crippen LogP contribution in [0.25, 0.3) is 17.2 Å². The highest BCUT2D eigenvalue weighted by Gasteiger charge is 2.24. The van der Waals surface area contributed by atoms with E-state index >= 15 is 0 Å². The second-order valence-electron chi connectivity index (χ2n) is 8.21. The highest BCUT2D eigenvalue weighted by atomic mass is 79.9. The zero-order valence-electron chi connectivity index (χ0n) is 20.2. The molecule has 188 valence electrons. The first-order valence-electron chi connectivity index (χ1n) is 11.5. The summed E-state index contributed by atoms with van der Waals surface area (Å²) in [7, 11) is 3.19. The zero-order chi connectivity index (χ0) is 25.8. The molecule has 0 radical (unpaired) electrons. The highest BCUT2D eigenvalue weighted by molar-refractivity contribution is 9.10. The van der Waals surface area contributed by atoms with Crippen LogP contribution in [0.3, 0.4) is 0 Å². The molecular weight excluding hydrogens is 538 g/mol. The Hall–Kier alpha value is -4.18. The third kappa shape index (κ3) is 5.19. The van der Waals surface area contributed by atoms with Gasteiger partial charge in [-0.3, -0.25) is 4.79 Å². The quantitative estimate of drug-likeness (QED) is 0.183. The van der Waals surface area contributed by atoms with Gasteiger partial charge in [-0.05, 0) is 41.8 Å². The maximum atomic E-state index is 13.4. The minimum Gasteiger partial charge on any atom is -0.493 e. The third-order valence-corrected chi connectivity index (χ3v) is 6.55. The van der Waals surface area contributed by atoms with E-state index in [1.165, 1.54) is 10.7 Å². The third-order valence-electron chi connectivity index (χ3n) is 5.81. The Morgan fingerprint density at radius 2 is 1.86 bits per heavy atom. The number of methoxy groups -OCH3 is 2. The SMILES string of the molecule is COc1ccc(CNc2ncc(C(=O)C(Br)Cc3ccccc3)c3nc(-c4ccco4)nn23)cc1OC. The molecule has 3 aromatic heterocycles. The number of halogens is 1. The van der Waals surface area contributed by atoms with Crippen molar-refractivity contribution in [2.45, 2.75) is 17.8 Å². The molecule has 10 heteroatoms. The number of furan rings is 1. The van der Waals surface area contributed by atoms with Crippen molar-refractivity contribution in [3.63, 3.8) is 0 Å². The van der Waals surface area contributed by atoms with Gasteiger partial charge in [0.25, 0.3) is 0 Å². The summed E-state index contributed by atoms with van der Waals surface area (Å²) in [5, 5.41) is 7.88. The monoisotopic (exact) mass is 561 g/mol. The summed E-state index contributed by atoms with van der Waals surface area (Å²) in [6.45, 7) is 0.431. The Bertz CT molecular complexity index is 1520. The van der Waals surface area contributed by atoms with Crippen LogP contribution in [0.15, 0.2) is 77.5 Å². The van der Waals surface area contributed by atoms with Crippen LogP contribution in [-0.4, -0.2) is 44.4 Å². The lowest BCUT2D eigenvalue weighted by molar-refractivity contribution is 0.0992. The number of hydrogen-bond acceptors (Lipinski definition) is 8. The average molecular weight is 562 g/mol. The first-order chi connectivity index (χ1) is 18.1. The van der Waals surface area contributed by atoms with Gasteiger partial charge in [0.2, 0.25) is 11.8 Å². The van der Waals surface area contributed by atoms with Gasteiger partial charge in [0.1, 0.15) is 0 Å². The molecule has 0 aliphatic heterocycles. The Morgan fingerprint density at radius 3 is 2.59 bits per heavy atom. The van der Waals surface area contributed by atoms with E-state index in [1.54, 1.807) is 32.6 Å². The van der Waals surface area contributed by atoms with Crippen molar-refractivity contribution < 1.29 is 18.7 Å². The Morgan fingerprint density at radius 1 is 1.05 bits per heavy atom. The lowest BCUT2D eigenvalue weighted by atomic mass is 10.0. The smallest absolute Gasteiger partial charge is 0.226 e. The standard InChI is InChI=1S/C27H24BrN5O4/c1-35-21-11-10-18(14-23(21)36-2)15-29-27-30-16-19(24(34)20(28)13-17-7-4-3-5-8-17)26-31-25(32-33(26)27)22-9-6-12-37-22/h3-12,14,16,20H,13,15H2,1-2H3,(H,29,30). The summed E-state index contributed by atoms with van der Waals surface area (Å²) in [6, 6.07) is 19.0. The molecule has 0 spiro atoms. The number of benzene rings is 2. The summed E-state index contributed by atoms with van der Waals surface area (Å²) in [5.74, 6) is 2.42. The van der Waals surface area contributed by atoms with E-state index in [2.05, 4.69) is 36.3 Å². The first kappa shape index (κ1) is 24.5. The normalized spacial score (nSPS) is 11.9. The number of Topliss-reactive ketones (excluding diaryl/α,β-unsaturated/α-hetero) is 1. The summed E-state index contributed by atoms with van der Waals surface area (Å²) in [6.07, 6.45) is 3.62. The van der Waals surface area contributed by atoms with E-state index in [1.807, 2.05) is 48.5 Å². The molecule has 0 saturated carbocycles. The molecule has 0 saturated heterocycles. The minimum absolute atomic E-state index is 0.133. The topological polar surface area (TPSA) is 104 Å². The maximum Gasteiger partial charge on any atom is 0.226 e. The van der Waals surface area contributed by atoms with Crippen molar-refractivity contribution in [1.29, 1.82) is 0 Å². The van der Waals surface area contributed by atoms with Crippen molar-refractivity contribution in [2.24, 2.45) is 0 Å². The fraction of sp³-hybridized carbons (Fsp3) is 0.185. The minimum atomic E-state index is -0.449. The Balaban J connectivity index is 1.47. The summed E-state index contributed by atoms with van der Waals surface area (Å²) in [4.78, 5) is 22.1. The molecule has 5 aromatic rings. The molecule has 0 aliphatic rings. The van der Waals surface area contributed by atoms with Gasteiger partial charge in [-0.1, -0.05) is 52.3 Å². The Labute approximate surface area is 221 Å². The first-order valence-corrected chi connectivity index (χ1v) is 12.5. The number of carbonyl (C=O) groups is 1. The van der Waals surface area contributed by atoms with Crippen LogP contribution < -0.4 is 14.8 Å². The van der Waals surface area contributed by atoms with Crippen LogP contribution >= 0.6 is 15.9 Å². The molecule has 37 heavy (non-hydrogen) atoms. The van der Waals surface area contributed by atoms with Crippen LogP contribution in [0.4, 0.5) is 5.95 Å². The van der Waals surface area contributed by atoms with Gasteiger partial charge in [-0.15, -0.1) is 5.10 Å². The molecule has 5 rings (SSSR count). The van der Waals surface area contributed by atoms with Gasteiger partial charge in [0.15, 0.2) is 28.7 Å². The Kier molecular flexibility index (Phi) is 7.18. The van der Waals surface area contributed by atoms with E-state index in [4.69, 9.17) is 13.9 Å². The number of hydrogen-bond donors (Lipinski definition) is 1. The van der Waals surface area contributed by atoms with Crippen molar-refractivity contribution in [1.82, 2.24) is 19.6 Å². The highest BCUT2D eigenvalue weighted by Crippen LogP contribution is 2.28. The molecule has 2 aromatic carbocycles. The molecule has 0 aliphatic carbocycles. The van der Waals surface area contributed by atoms with Crippen molar-refractivity contribution in [3.8, 4) is 23.1 Å². The van der Waals surface area contributed by atoms with Crippen LogP contribution in [-0.2, 0) is 13.0 Å². The number of ether oxygens (including phenoxy) is 2. The van der Waals surface area contributed by atoms with Crippen molar-refractivity contribution in [2.75, 3.05) is 19.5 Å². The van der Waals surface area contributed by atoms with Gasteiger partial charge in [0.05, 0.1) is 30.9 Å². The van der Waals surface area contributed by atoms with Crippen LogP contribution in [0.2, 0.25) is 0 Å². The van der Waals surface area contributed by atoms with Crippen molar-refractivity contribution in [3.05, 3.63) is 89.8 Å². The fourth-order valence-corrected chi connectivity index (χ4v) is 4.55. The number of rotatable bonds is 10. The lowest BCUT2D eigenvalue weighted by Gasteiger charge is -2.13. The molecular formula is C27H24BrN5O4. The number of aromatic nitrogens is 4. The van der Waals surface area contributed by atoms with Crippen molar-refractivity contribution >= 4 is 33.3 Å². The number of carbonyl (C=O) groups excluding carboxylic acids is 1. The van der Waals surface area contributed by atoms with E-state index in [0.29, 0.717) is 53.2 Å². The molecule has 0 bridgehead atoms. The van der Waals surface area contributed by atoms with E-state index in [0.717, 1.165) is 11.1 Å². The number of alkyl halides is 1. The molecule has 1 atom stereocenters. The number of nitrogens with zero attached hydrogens (tertiary/aromatic N) is 4. The van der Waals surface area contributed by atoms with Gasteiger partial charge in [-0.2, -0.15) is 4.52 Å². The number of anilines is 1. The largest absolute Gasteiger partial charge is 0.493 e. The maximum absolute atomic E-state index is 13.4. The van der Waals surface area contributed by atoms with Gasteiger partial charge >= 0.3 is 0 Å². The summed E-state index contributed by atoms with van der Waals surface area (Å²) < 4.78 is 17.7. The summed E-state index contributed by atoms with van der Waals surface area (Å²) in [5.41, 5.74) is 2.74. The van der Waals surface area contributed by atoms with E-state index < -0.39 is 4.83 Å². The lowest BCUT2D eigenvalue weighted by Crippen LogP contribution is -2.19. The number of fused-ring (bicyclic) bond motifs is 1. The zero-order valence-corrected chi connectivity index (χ0v) is 21.8. The van der Waals surface area contributed by atoms with Crippen LogP contribution in [0, 0.1) is 0 Å².